The van der Waals surface area contributed by atoms with Crippen molar-refractivity contribution in [3.63, 3.8) is 0 Å². The van der Waals surface area contributed by atoms with Crippen molar-refractivity contribution in [1.29, 1.82) is 0 Å². The molecule has 0 radical (unpaired) electrons. The molecular formula is C8H15IO2. The molecule has 0 aliphatic rings. The summed E-state index contributed by atoms with van der Waals surface area (Å²) in [5.74, 6) is -0.131. The van der Waals surface area contributed by atoms with E-state index in [0.29, 0.717) is 3.92 Å². The van der Waals surface area contributed by atoms with Gasteiger partial charge in [-0.1, -0.05) is 36.4 Å². The summed E-state index contributed by atoms with van der Waals surface area (Å²) in [5, 5.41) is 0. The van der Waals surface area contributed by atoms with E-state index in [-0.39, 0.29) is 18.0 Å². The second-order valence-corrected chi connectivity index (χ2v) is 4.94. The number of hydrogen-bond acceptors (Lipinski definition) is 2. The Labute approximate surface area is 81.8 Å². The van der Waals surface area contributed by atoms with Gasteiger partial charge in [0.05, 0.1) is 5.92 Å². The van der Waals surface area contributed by atoms with E-state index in [1.54, 1.807) is 0 Å². The Kier molecular flexibility index (Phi) is 5.04. The second kappa shape index (κ2) is 4.95. The Balaban J connectivity index is 3.76. The summed E-state index contributed by atoms with van der Waals surface area (Å²) >= 11 is 2.25. The van der Waals surface area contributed by atoms with Crippen molar-refractivity contribution in [2.45, 2.75) is 37.7 Å². The Morgan fingerprint density at radius 2 is 1.73 bits per heavy atom. The quantitative estimate of drug-likeness (QED) is 0.447. The van der Waals surface area contributed by atoms with Gasteiger partial charge >= 0.3 is 5.97 Å². The third-order valence-electron chi connectivity index (χ3n) is 1.42. The average molecular weight is 270 g/mol. The molecular weight excluding hydrogens is 255 g/mol. The molecule has 0 fully saturated rings. The molecule has 0 aromatic heterocycles. The molecule has 0 saturated heterocycles. The lowest BCUT2D eigenvalue weighted by Gasteiger charge is -2.16. The fraction of sp³-hybridized carbons (Fsp3) is 0.875. The molecule has 0 N–H and O–H groups in total. The van der Waals surface area contributed by atoms with Gasteiger partial charge in [0.1, 0.15) is 6.10 Å². The predicted octanol–water partition coefficient (Wildman–Crippen LogP) is 2.40. The second-order valence-electron chi connectivity index (χ2n) is 2.97. The highest BCUT2D eigenvalue weighted by atomic mass is 127. The van der Waals surface area contributed by atoms with Gasteiger partial charge in [-0.15, -0.1) is 0 Å². The maximum absolute atomic E-state index is 11.0. The number of ether oxygens (including phenoxy) is 1. The highest BCUT2D eigenvalue weighted by Crippen LogP contribution is 2.10. The van der Waals surface area contributed by atoms with Crippen molar-refractivity contribution in [3.8, 4) is 0 Å². The van der Waals surface area contributed by atoms with Gasteiger partial charge in [-0.25, -0.2) is 0 Å². The molecule has 0 bridgehead atoms. The molecule has 2 atom stereocenters. The Hall–Kier alpha value is 0.200. The maximum Gasteiger partial charge on any atom is 0.308 e. The van der Waals surface area contributed by atoms with Crippen molar-refractivity contribution in [2.75, 3.05) is 0 Å². The number of hydrogen-bond donors (Lipinski definition) is 0. The van der Waals surface area contributed by atoms with Crippen LogP contribution >= 0.6 is 22.6 Å². The summed E-state index contributed by atoms with van der Waals surface area (Å²) in [5.41, 5.74) is 0. The van der Waals surface area contributed by atoms with E-state index in [1.165, 1.54) is 0 Å². The van der Waals surface area contributed by atoms with Crippen LogP contribution in [0.1, 0.15) is 27.7 Å². The van der Waals surface area contributed by atoms with Crippen LogP contribution in [0.4, 0.5) is 0 Å². The molecule has 0 aliphatic carbocycles. The Morgan fingerprint density at radius 3 is 2.00 bits per heavy atom. The highest BCUT2D eigenvalue weighted by molar-refractivity contribution is 14.1. The van der Waals surface area contributed by atoms with Crippen molar-refractivity contribution in [1.82, 2.24) is 0 Å². The van der Waals surface area contributed by atoms with E-state index in [1.807, 2.05) is 27.7 Å². The van der Waals surface area contributed by atoms with Gasteiger partial charge in [0.2, 0.25) is 0 Å². The third kappa shape index (κ3) is 4.61. The molecule has 0 spiro atoms. The van der Waals surface area contributed by atoms with Crippen molar-refractivity contribution in [3.05, 3.63) is 0 Å². The first kappa shape index (κ1) is 11.2. The summed E-state index contributed by atoms with van der Waals surface area (Å²) in [7, 11) is 0. The van der Waals surface area contributed by atoms with Gasteiger partial charge < -0.3 is 4.74 Å². The first-order valence-electron chi connectivity index (χ1n) is 3.79. The minimum Gasteiger partial charge on any atom is -0.461 e. The molecule has 0 amide bonds. The summed E-state index contributed by atoms with van der Waals surface area (Å²) in [4.78, 5) is 11.0. The van der Waals surface area contributed by atoms with Crippen LogP contribution in [-0.2, 0) is 9.53 Å². The molecule has 11 heavy (non-hydrogen) atoms. The topological polar surface area (TPSA) is 26.3 Å². The normalized spacial score (nSPS) is 16.2. The van der Waals surface area contributed by atoms with E-state index in [9.17, 15) is 4.79 Å². The number of rotatable bonds is 3. The van der Waals surface area contributed by atoms with Crippen LogP contribution in [0.3, 0.4) is 0 Å². The van der Waals surface area contributed by atoms with Crippen LogP contribution in [0, 0.1) is 5.92 Å². The average Bonchev–Trinajstić information content (AvgIpc) is 1.87. The highest BCUT2D eigenvalue weighted by Gasteiger charge is 2.15. The fourth-order valence-electron chi connectivity index (χ4n) is 0.413. The van der Waals surface area contributed by atoms with Crippen LogP contribution < -0.4 is 0 Å². The van der Waals surface area contributed by atoms with E-state index in [4.69, 9.17) is 4.74 Å². The molecule has 2 nitrogen and oxygen atoms in total. The lowest BCUT2D eigenvalue weighted by Crippen LogP contribution is -2.24. The predicted molar refractivity (Wildman–Crippen MR) is 53.9 cm³/mol. The fourth-order valence-corrected chi connectivity index (χ4v) is 0.560. The minimum absolute atomic E-state index is 0.0190. The van der Waals surface area contributed by atoms with Crippen LogP contribution in [0.25, 0.3) is 0 Å². The zero-order chi connectivity index (χ0) is 9.02. The Bertz CT molecular complexity index is 132. The molecule has 0 heterocycles. The van der Waals surface area contributed by atoms with Gasteiger partial charge in [-0.2, -0.15) is 0 Å². The lowest BCUT2D eigenvalue weighted by atomic mass is 10.2. The van der Waals surface area contributed by atoms with E-state index in [0.717, 1.165) is 0 Å². The first-order valence-corrected chi connectivity index (χ1v) is 5.04. The smallest absolute Gasteiger partial charge is 0.308 e. The Morgan fingerprint density at radius 1 is 1.27 bits per heavy atom. The standard InChI is InChI=1S/C8H15IO2/c1-5(2)8(10)11-7(4)6(3)9/h5-7H,1-4H3. The molecule has 0 aromatic rings. The molecule has 0 rings (SSSR count). The molecule has 0 aromatic carbocycles. The van der Waals surface area contributed by atoms with Gasteiger partial charge in [0.25, 0.3) is 0 Å². The van der Waals surface area contributed by atoms with Crippen molar-refractivity contribution >= 4 is 28.6 Å². The summed E-state index contributed by atoms with van der Waals surface area (Å²) in [6.07, 6.45) is 0.0190. The zero-order valence-corrected chi connectivity index (χ0v) is 9.58. The largest absolute Gasteiger partial charge is 0.461 e. The maximum atomic E-state index is 11.0. The number of alkyl halides is 1. The lowest BCUT2D eigenvalue weighted by molar-refractivity contribution is -0.151. The number of halogens is 1. The van der Waals surface area contributed by atoms with Gasteiger partial charge in [0, 0.05) is 3.92 Å². The third-order valence-corrected chi connectivity index (χ3v) is 2.43. The van der Waals surface area contributed by atoms with E-state index in [2.05, 4.69) is 22.6 Å². The van der Waals surface area contributed by atoms with Crippen LogP contribution in [0.5, 0.6) is 0 Å². The number of carbonyl (C=O) groups is 1. The summed E-state index contributed by atoms with van der Waals surface area (Å²) in [6, 6.07) is 0. The molecule has 0 aliphatic heterocycles. The summed E-state index contributed by atoms with van der Waals surface area (Å²) in [6.45, 7) is 7.62. The molecule has 66 valence electrons. The van der Waals surface area contributed by atoms with Gasteiger partial charge in [-0.3, -0.25) is 4.79 Å². The molecule has 0 saturated carbocycles. The first-order chi connectivity index (χ1) is 4.95. The zero-order valence-electron chi connectivity index (χ0n) is 7.43. The van der Waals surface area contributed by atoms with E-state index < -0.39 is 0 Å². The monoisotopic (exact) mass is 270 g/mol. The van der Waals surface area contributed by atoms with Gasteiger partial charge in [-0.05, 0) is 13.8 Å². The van der Waals surface area contributed by atoms with Crippen molar-refractivity contribution in [2.24, 2.45) is 5.92 Å². The van der Waals surface area contributed by atoms with Crippen LogP contribution in [-0.4, -0.2) is 16.0 Å². The number of esters is 1. The van der Waals surface area contributed by atoms with E-state index >= 15 is 0 Å². The van der Waals surface area contributed by atoms with Crippen LogP contribution in [0.15, 0.2) is 0 Å². The molecule has 2 unspecified atom stereocenters. The summed E-state index contributed by atoms with van der Waals surface area (Å²) < 4.78 is 5.50. The van der Waals surface area contributed by atoms with Crippen molar-refractivity contribution < 1.29 is 9.53 Å². The SMILES string of the molecule is CC(C)C(=O)OC(C)C(C)I. The molecule has 3 heteroatoms. The van der Waals surface area contributed by atoms with Crippen LogP contribution in [0.2, 0.25) is 0 Å². The minimum atomic E-state index is -0.110. The van der Waals surface area contributed by atoms with Gasteiger partial charge in [0.15, 0.2) is 0 Å². The number of carbonyl (C=O) groups excluding carboxylic acids is 1.